The van der Waals surface area contributed by atoms with Crippen molar-refractivity contribution in [2.75, 3.05) is 11.6 Å². The maximum Gasteiger partial charge on any atom is 0.212 e. The van der Waals surface area contributed by atoms with Gasteiger partial charge >= 0.3 is 0 Å². The molecule has 0 aliphatic carbocycles. The lowest BCUT2D eigenvalue weighted by Crippen LogP contribution is -2.32. The zero-order chi connectivity index (χ0) is 12.9. The minimum atomic E-state index is -3.26. The summed E-state index contributed by atoms with van der Waals surface area (Å²) in [5.41, 5.74) is 0. The maximum absolute atomic E-state index is 11.9. The Balaban J connectivity index is 2.68. The van der Waals surface area contributed by atoms with Gasteiger partial charge < -0.3 is 0 Å². The average molecular weight is 296 g/mol. The minimum absolute atomic E-state index is 0.0324. The van der Waals surface area contributed by atoms with Crippen LogP contribution in [-0.4, -0.2) is 20.1 Å². The summed E-state index contributed by atoms with van der Waals surface area (Å²) in [5, 5.41) is 1.95. The fourth-order valence-electron chi connectivity index (χ4n) is 1.52. The molecule has 0 aromatic carbocycles. The van der Waals surface area contributed by atoms with Crippen LogP contribution in [0.25, 0.3) is 0 Å². The van der Waals surface area contributed by atoms with Crippen LogP contribution in [0.1, 0.15) is 31.2 Å². The number of halogens is 1. The summed E-state index contributed by atoms with van der Waals surface area (Å²) in [4.78, 5) is 1.05. The molecular weight excluding hydrogens is 278 g/mol. The molecule has 6 heteroatoms. The maximum atomic E-state index is 11.9. The Bertz CT molecular complexity index is 417. The number of rotatable bonds is 7. The lowest BCUT2D eigenvalue weighted by molar-refractivity contribution is 0.543. The third kappa shape index (κ3) is 4.95. The van der Waals surface area contributed by atoms with E-state index in [0.29, 0.717) is 5.88 Å². The highest BCUT2D eigenvalue weighted by Gasteiger charge is 2.20. The first-order valence-electron chi connectivity index (χ1n) is 5.58. The molecular formula is C11H18ClNO2S2. The summed E-state index contributed by atoms with van der Waals surface area (Å²) >= 11 is 7.21. The Morgan fingerprint density at radius 3 is 2.71 bits per heavy atom. The van der Waals surface area contributed by atoms with Crippen molar-refractivity contribution in [1.29, 1.82) is 0 Å². The van der Waals surface area contributed by atoms with Gasteiger partial charge in [0, 0.05) is 10.8 Å². The summed E-state index contributed by atoms with van der Waals surface area (Å²) in [6.45, 7) is 3.80. The Hall–Kier alpha value is -0.100. The van der Waals surface area contributed by atoms with Gasteiger partial charge in [-0.15, -0.1) is 22.9 Å². The largest absolute Gasteiger partial charge is 0.212 e. The molecule has 17 heavy (non-hydrogen) atoms. The van der Waals surface area contributed by atoms with Gasteiger partial charge in [-0.05, 0) is 23.8 Å². The molecule has 1 aromatic heterocycles. The fraction of sp³-hybridized carbons (Fsp3) is 0.636. The summed E-state index contributed by atoms with van der Waals surface area (Å²) in [5.74, 6) is 0.407. The molecule has 0 fully saturated rings. The van der Waals surface area contributed by atoms with Crippen molar-refractivity contribution in [2.24, 2.45) is 5.92 Å². The van der Waals surface area contributed by atoms with E-state index in [0.717, 1.165) is 11.3 Å². The van der Waals surface area contributed by atoms with Crippen LogP contribution >= 0.6 is 22.9 Å². The van der Waals surface area contributed by atoms with Crippen LogP contribution in [0.3, 0.4) is 0 Å². The Morgan fingerprint density at radius 2 is 2.24 bits per heavy atom. The van der Waals surface area contributed by atoms with Gasteiger partial charge in [0.15, 0.2) is 0 Å². The second-order valence-electron chi connectivity index (χ2n) is 4.13. The molecule has 0 saturated heterocycles. The zero-order valence-corrected chi connectivity index (χ0v) is 12.4. The molecule has 2 atom stereocenters. The van der Waals surface area contributed by atoms with Gasteiger partial charge in [0.2, 0.25) is 10.0 Å². The van der Waals surface area contributed by atoms with E-state index in [9.17, 15) is 8.42 Å². The van der Waals surface area contributed by atoms with Crippen molar-refractivity contribution in [3.63, 3.8) is 0 Å². The first-order chi connectivity index (χ1) is 7.98. The van der Waals surface area contributed by atoms with E-state index < -0.39 is 10.0 Å². The molecule has 3 nitrogen and oxygen atoms in total. The van der Waals surface area contributed by atoms with Crippen LogP contribution < -0.4 is 4.72 Å². The van der Waals surface area contributed by atoms with Crippen LogP contribution in [-0.2, 0) is 10.0 Å². The van der Waals surface area contributed by atoms with Crippen LogP contribution in [0.4, 0.5) is 0 Å². The van der Waals surface area contributed by atoms with Crippen molar-refractivity contribution in [1.82, 2.24) is 4.72 Å². The molecule has 1 heterocycles. The molecule has 98 valence electrons. The van der Waals surface area contributed by atoms with Crippen molar-refractivity contribution >= 4 is 33.0 Å². The quantitative estimate of drug-likeness (QED) is 0.786. The number of hydrogen-bond donors (Lipinski definition) is 1. The first-order valence-corrected chi connectivity index (χ1v) is 8.64. The van der Waals surface area contributed by atoms with Gasteiger partial charge in [0.05, 0.1) is 11.8 Å². The van der Waals surface area contributed by atoms with Crippen LogP contribution in [0.5, 0.6) is 0 Å². The minimum Gasteiger partial charge on any atom is -0.212 e. The van der Waals surface area contributed by atoms with Crippen LogP contribution in [0.2, 0.25) is 0 Å². The highest BCUT2D eigenvalue weighted by molar-refractivity contribution is 7.89. The molecule has 0 aliphatic heterocycles. The smallest absolute Gasteiger partial charge is 0.212 e. The fourth-order valence-corrected chi connectivity index (χ4v) is 4.38. The lowest BCUT2D eigenvalue weighted by Gasteiger charge is -2.17. The second-order valence-corrected chi connectivity index (χ2v) is 7.22. The molecule has 0 amide bonds. The SMILES string of the molecule is CCC(NS(=O)(=O)CC(C)CCl)c1cccs1. The van der Waals surface area contributed by atoms with Crippen molar-refractivity contribution in [3.8, 4) is 0 Å². The molecule has 0 bridgehead atoms. The van der Waals surface area contributed by atoms with Gasteiger partial charge in [-0.25, -0.2) is 13.1 Å². The lowest BCUT2D eigenvalue weighted by atomic mass is 10.2. The topological polar surface area (TPSA) is 46.2 Å². The van der Waals surface area contributed by atoms with E-state index in [4.69, 9.17) is 11.6 Å². The molecule has 0 radical (unpaired) electrons. The predicted octanol–water partition coefficient (Wildman–Crippen LogP) is 2.99. The van der Waals surface area contributed by atoms with E-state index >= 15 is 0 Å². The second kappa shape index (κ2) is 6.73. The molecule has 1 rings (SSSR count). The Kier molecular flexibility index (Phi) is 5.92. The number of alkyl halides is 1. The zero-order valence-electron chi connectivity index (χ0n) is 10.0. The van der Waals surface area contributed by atoms with E-state index in [1.165, 1.54) is 0 Å². The number of sulfonamides is 1. The molecule has 0 spiro atoms. The van der Waals surface area contributed by atoms with Gasteiger partial charge in [-0.3, -0.25) is 0 Å². The van der Waals surface area contributed by atoms with Crippen molar-refractivity contribution in [2.45, 2.75) is 26.3 Å². The molecule has 1 N–H and O–H groups in total. The number of thiophene rings is 1. The van der Waals surface area contributed by atoms with Crippen LogP contribution in [0, 0.1) is 5.92 Å². The third-order valence-electron chi connectivity index (χ3n) is 2.38. The van der Waals surface area contributed by atoms with Gasteiger partial charge in [-0.1, -0.05) is 19.9 Å². The molecule has 0 saturated carbocycles. The molecule has 1 aromatic rings. The van der Waals surface area contributed by atoms with E-state index in [-0.39, 0.29) is 17.7 Å². The summed E-state index contributed by atoms with van der Waals surface area (Å²) in [7, 11) is -3.26. The Morgan fingerprint density at radius 1 is 1.53 bits per heavy atom. The van der Waals surface area contributed by atoms with Crippen molar-refractivity contribution in [3.05, 3.63) is 22.4 Å². The summed E-state index contributed by atoms with van der Waals surface area (Å²) in [6.07, 6.45) is 0.745. The third-order valence-corrected chi connectivity index (χ3v) is 5.55. The standard InChI is InChI=1S/C11H18ClNO2S2/c1-3-10(11-5-4-6-16-11)13-17(14,15)8-9(2)7-12/h4-6,9-10,13H,3,7-8H2,1-2H3. The Labute approximate surface area is 112 Å². The van der Waals surface area contributed by atoms with Gasteiger partial charge in [0.25, 0.3) is 0 Å². The van der Waals surface area contributed by atoms with Gasteiger partial charge in [0.1, 0.15) is 0 Å². The average Bonchev–Trinajstić information content (AvgIpc) is 2.78. The normalized spacial score (nSPS) is 15.7. The monoisotopic (exact) mass is 295 g/mol. The van der Waals surface area contributed by atoms with E-state index in [2.05, 4.69) is 4.72 Å². The summed E-state index contributed by atoms with van der Waals surface area (Å²) < 4.78 is 26.5. The van der Waals surface area contributed by atoms with E-state index in [1.54, 1.807) is 11.3 Å². The van der Waals surface area contributed by atoms with E-state index in [1.807, 2.05) is 31.4 Å². The highest BCUT2D eigenvalue weighted by Crippen LogP contribution is 2.22. The number of hydrogen-bond acceptors (Lipinski definition) is 3. The van der Waals surface area contributed by atoms with Gasteiger partial charge in [-0.2, -0.15) is 0 Å². The molecule has 0 aliphatic rings. The predicted molar refractivity (Wildman–Crippen MR) is 74.2 cm³/mol. The summed E-state index contributed by atoms with van der Waals surface area (Å²) in [6, 6.07) is 3.76. The first kappa shape index (κ1) is 15.0. The molecule has 2 unspecified atom stereocenters. The van der Waals surface area contributed by atoms with Crippen molar-refractivity contribution < 1.29 is 8.42 Å². The van der Waals surface area contributed by atoms with Crippen LogP contribution in [0.15, 0.2) is 17.5 Å². The highest BCUT2D eigenvalue weighted by atomic mass is 35.5. The number of nitrogens with one attached hydrogen (secondary N) is 1.